The van der Waals surface area contributed by atoms with Gasteiger partial charge in [0.25, 0.3) is 0 Å². The van der Waals surface area contributed by atoms with Crippen LogP contribution in [-0.2, 0) is 11.2 Å². The van der Waals surface area contributed by atoms with Gasteiger partial charge in [0.15, 0.2) is 0 Å². The van der Waals surface area contributed by atoms with E-state index in [0.717, 1.165) is 18.7 Å². The van der Waals surface area contributed by atoms with Crippen molar-refractivity contribution in [3.05, 3.63) is 29.8 Å². The Hall–Kier alpha value is -1.39. The van der Waals surface area contributed by atoms with Crippen LogP contribution in [0.3, 0.4) is 0 Å². The van der Waals surface area contributed by atoms with Gasteiger partial charge < -0.3 is 15.5 Å². The molecular formula is C15H23N3O. The normalized spacial score (nSPS) is 23.1. The minimum atomic E-state index is -0.132. The number of likely N-dealkylation sites (N-methyl/N-ethyl adjacent to an activating group) is 1. The van der Waals surface area contributed by atoms with E-state index in [4.69, 9.17) is 0 Å². The summed E-state index contributed by atoms with van der Waals surface area (Å²) in [7, 11) is 1.84. The molecule has 1 heterocycles. The van der Waals surface area contributed by atoms with Crippen LogP contribution in [0.5, 0.6) is 0 Å². The van der Waals surface area contributed by atoms with Crippen LogP contribution in [0.1, 0.15) is 19.4 Å². The van der Waals surface area contributed by atoms with Gasteiger partial charge in [-0.1, -0.05) is 19.1 Å². The van der Waals surface area contributed by atoms with E-state index >= 15 is 0 Å². The van der Waals surface area contributed by atoms with Crippen molar-refractivity contribution in [2.75, 3.05) is 25.0 Å². The lowest BCUT2D eigenvalue weighted by Gasteiger charge is -2.31. The number of rotatable bonds is 3. The third-order valence-electron chi connectivity index (χ3n) is 3.70. The van der Waals surface area contributed by atoms with E-state index in [-0.39, 0.29) is 11.9 Å². The maximum Gasteiger partial charge on any atom is 0.245 e. The van der Waals surface area contributed by atoms with E-state index in [1.54, 1.807) is 4.90 Å². The largest absolute Gasteiger partial charge is 0.314 e. The standard InChI is InChI=1S/C15H23N3O/c1-4-12-5-7-13(8-6-12)18(3)15(19)14-10-16-11(2)9-17-14/h5-8,11,14,16-17H,4,9-10H2,1-3H3. The SMILES string of the molecule is CCc1ccc(N(C)C(=O)C2CNC(C)CN2)cc1. The zero-order chi connectivity index (χ0) is 13.8. The second kappa shape index (κ2) is 6.17. The van der Waals surface area contributed by atoms with Gasteiger partial charge in [0.1, 0.15) is 0 Å². The maximum absolute atomic E-state index is 12.4. The number of carbonyl (C=O) groups excluding carboxylic acids is 1. The van der Waals surface area contributed by atoms with E-state index in [0.29, 0.717) is 12.6 Å². The molecule has 0 saturated carbocycles. The lowest BCUT2D eigenvalue weighted by atomic mass is 10.1. The average Bonchev–Trinajstić information content (AvgIpc) is 2.46. The molecule has 1 fully saturated rings. The van der Waals surface area contributed by atoms with Crippen LogP contribution in [0.4, 0.5) is 5.69 Å². The highest BCUT2D eigenvalue weighted by atomic mass is 16.2. The summed E-state index contributed by atoms with van der Waals surface area (Å²) >= 11 is 0. The predicted octanol–water partition coefficient (Wildman–Crippen LogP) is 1.16. The molecule has 2 rings (SSSR count). The second-order valence-corrected chi connectivity index (χ2v) is 5.19. The number of nitrogens with zero attached hydrogens (tertiary/aromatic N) is 1. The number of hydrogen-bond donors (Lipinski definition) is 2. The number of anilines is 1. The van der Waals surface area contributed by atoms with Crippen molar-refractivity contribution < 1.29 is 4.79 Å². The number of amides is 1. The van der Waals surface area contributed by atoms with Crippen molar-refractivity contribution in [1.29, 1.82) is 0 Å². The van der Waals surface area contributed by atoms with Crippen molar-refractivity contribution in [2.24, 2.45) is 0 Å². The van der Waals surface area contributed by atoms with Gasteiger partial charge in [0.05, 0.1) is 6.04 Å². The molecule has 1 saturated heterocycles. The molecular weight excluding hydrogens is 238 g/mol. The molecule has 0 spiro atoms. The van der Waals surface area contributed by atoms with Crippen molar-refractivity contribution in [3.63, 3.8) is 0 Å². The Morgan fingerprint density at radius 2 is 1.95 bits per heavy atom. The van der Waals surface area contributed by atoms with E-state index in [1.165, 1.54) is 5.56 Å². The summed E-state index contributed by atoms with van der Waals surface area (Å²) in [6.45, 7) is 5.76. The van der Waals surface area contributed by atoms with Crippen LogP contribution >= 0.6 is 0 Å². The molecule has 1 aliphatic heterocycles. The number of aryl methyl sites for hydroxylation is 1. The zero-order valence-corrected chi connectivity index (χ0v) is 11.9. The van der Waals surface area contributed by atoms with E-state index < -0.39 is 0 Å². The van der Waals surface area contributed by atoms with Crippen molar-refractivity contribution in [2.45, 2.75) is 32.4 Å². The van der Waals surface area contributed by atoms with Crippen LogP contribution in [0, 0.1) is 0 Å². The summed E-state index contributed by atoms with van der Waals surface area (Å²) in [6, 6.07) is 8.47. The molecule has 4 heteroatoms. The molecule has 0 radical (unpaired) electrons. The van der Waals surface area contributed by atoms with Crippen LogP contribution in [-0.4, -0.2) is 38.1 Å². The lowest BCUT2D eigenvalue weighted by molar-refractivity contribution is -0.120. The Balaban J connectivity index is 2.01. The fourth-order valence-electron chi connectivity index (χ4n) is 2.27. The van der Waals surface area contributed by atoms with E-state index in [2.05, 4.69) is 36.6 Å². The second-order valence-electron chi connectivity index (χ2n) is 5.19. The highest BCUT2D eigenvalue weighted by Gasteiger charge is 2.26. The fraction of sp³-hybridized carbons (Fsp3) is 0.533. The molecule has 0 bridgehead atoms. The summed E-state index contributed by atoms with van der Waals surface area (Å²) in [5.74, 6) is 0.114. The molecule has 4 nitrogen and oxygen atoms in total. The molecule has 1 aliphatic rings. The van der Waals surface area contributed by atoms with Crippen LogP contribution in [0.2, 0.25) is 0 Å². The Bertz CT molecular complexity index is 422. The summed E-state index contributed by atoms with van der Waals surface area (Å²) < 4.78 is 0. The Morgan fingerprint density at radius 3 is 2.47 bits per heavy atom. The first-order valence-corrected chi connectivity index (χ1v) is 6.95. The average molecular weight is 261 g/mol. The first-order valence-electron chi connectivity index (χ1n) is 6.95. The topological polar surface area (TPSA) is 44.4 Å². The minimum absolute atomic E-state index is 0.114. The number of carbonyl (C=O) groups is 1. The van der Waals surface area contributed by atoms with Gasteiger partial charge >= 0.3 is 0 Å². The third kappa shape index (κ3) is 3.33. The Morgan fingerprint density at radius 1 is 1.26 bits per heavy atom. The van der Waals surface area contributed by atoms with Crippen LogP contribution in [0.25, 0.3) is 0 Å². The number of nitrogens with one attached hydrogen (secondary N) is 2. The van der Waals surface area contributed by atoms with Gasteiger partial charge in [-0.25, -0.2) is 0 Å². The smallest absolute Gasteiger partial charge is 0.245 e. The van der Waals surface area contributed by atoms with Gasteiger partial charge in [-0.05, 0) is 31.0 Å². The quantitative estimate of drug-likeness (QED) is 0.858. The van der Waals surface area contributed by atoms with Gasteiger partial charge in [-0.2, -0.15) is 0 Å². The zero-order valence-electron chi connectivity index (χ0n) is 11.9. The van der Waals surface area contributed by atoms with Gasteiger partial charge in [0.2, 0.25) is 5.91 Å². The lowest BCUT2D eigenvalue weighted by Crippen LogP contribution is -2.59. The van der Waals surface area contributed by atoms with Crippen LogP contribution < -0.4 is 15.5 Å². The van der Waals surface area contributed by atoms with Crippen molar-refractivity contribution in [1.82, 2.24) is 10.6 Å². The Labute approximate surface area is 115 Å². The number of hydrogen-bond acceptors (Lipinski definition) is 3. The third-order valence-corrected chi connectivity index (χ3v) is 3.70. The molecule has 104 valence electrons. The van der Waals surface area contributed by atoms with Gasteiger partial charge in [-0.15, -0.1) is 0 Å². The van der Waals surface area contributed by atoms with Crippen molar-refractivity contribution >= 4 is 11.6 Å². The van der Waals surface area contributed by atoms with E-state index in [9.17, 15) is 4.79 Å². The molecule has 0 aromatic heterocycles. The predicted molar refractivity (Wildman–Crippen MR) is 78.5 cm³/mol. The van der Waals surface area contributed by atoms with Crippen LogP contribution in [0.15, 0.2) is 24.3 Å². The molecule has 1 aromatic rings. The summed E-state index contributed by atoms with van der Waals surface area (Å²) in [5, 5.41) is 6.62. The van der Waals surface area contributed by atoms with Gasteiger partial charge in [0, 0.05) is 31.9 Å². The molecule has 2 unspecified atom stereocenters. The number of benzene rings is 1. The summed E-state index contributed by atoms with van der Waals surface area (Å²) in [4.78, 5) is 14.1. The Kier molecular flexibility index (Phi) is 4.56. The molecule has 1 aromatic carbocycles. The fourth-order valence-corrected chi connectivity index (χ4v) is 2.27. The van der Waals surface area contributed by atoms with Crippen molar-refractivity contribution in [3.8, 4) is 0 Å². The molecule has 19 heavy (non-hydrogen) atoms. The molecule has 2 N–H and O–H groups in total. The highest BCUT2D eigenvalue weighted by molar-refractivity contribution is 5.97. The highest BCUT2D eigenvalue weighted by Crippen LogP contribution is 2.15. The van der Waals surface area contributed by atoms with Gasteiger partial charge in [-0.3, -0.25) is 4.79 Å². The number of piperazine rings is 1. The molecule has 1 amide bonds. The maximum atomic E-state index is 12.4. The first kappa shape index (κ1) is 14.0. The molecule has 2 atom stereocenters. The summed E-state index contributed by atoms with van der Waals surface area (Å²) in [5.41, 5.74) is 2.23. The monoisotopic (exact) mass is 261 g/mol. The van der Waals surface area contributed by atoms with E-state index in [1.807, 2.05) is 19.2 Å². The molecule has 0 aliphatic carbocycles. The summed E-state index contributed by atoms with van der Waals surface area (Å²) in [6.07, 6.45) is 1.02. The first-order chi connectivity index (χ1) is 9.11. The minimum Gasteiger partial charge on any atom is -0.314 e.